The number of carbonyl (C=O) groups is 3. The number of unbranched alkanes of at least 4 members (excludes halogenated alkanes) is 1. The van der Waals surface area contributed by atoms with Gasteiger partial charge in [-0.05, 0) is 48.9 Å². The quantitative estimate of drug-likeness (QED) is 0.521. The minimum Gasteiger partial charge on any atom is -0.481 e. The summed E-state index contributed by atoms with van der Waals surface area (Å²) in [5.41, 5.74) is 0.741. The summed E-state index contributed by atoms with van der Waals surface area (Å²) < 4.78 is 5.73. The molecule has 8 heteroatoms. The Labute approximate surface area is 164 Å². The minimum absolute atomic E-state index is 0.0171. The fourth-order valence-corrected chi connectivity index (χ4v) is 3.68. The van der Waals surface area contributed by atoms with Crippen molar-refractivity contribution in [3.8, 4) is 11.3 Å². The van der Waals surface area contributed by atoms with Crippen molar-refractivity contribution >= 4 is 46.6 Å². The van der Waals surface area contributed by atoms with Crippen LogP contribution in [-0.2, 0) is 9.59 Å². The Balaban J connectivity index is 1.69. The zero-order chi connectivity index (χ0) is 19.4. The molecule has 0 unspecified atom stereocenters. The number of amides is 2. The molecule has 140 valence electrons. The van der Waals surface area contributed by atoms with E-state index in [4.69, 9.17) is 21.1 Å². The van der Waals surface area contributed by atoms with Crippen LogP contribution in [0.1, 0.15) is 25.0 Å². The molecule has 0 atom stereocenters. The highest BCUT2D eigenvalue weighted by Crippen LogP contribution is 2.34. The van der Waals surface area contributed by atoms with Gasteiger partial charge in [0.25, 0.3) is 11.1 Å². The normalized spacial score (nSPS) is 15.7. The summed E-state index contributed by atoms with van der Waals surface area (Å²) in [4.78, 5) is 36.4. The van der Waals surface area contributed by atoms with Crippen LogP contribution in [0.3, 0.4) is 0 Å². The number of hydrogen-bond acceptors (Lipinski definition) is 5. The topological polar surface area (TPSA) is 87.8 Å². The van der Waals surface area contributed by atoms with E-state index in [9.17, 15) is 14.4 Å². The zero-order valence-corrected chi connectivity index (χ0v) is 15.8. The van der Waals surface area contributed by atoms with Crippen LogP contribution in [0.4, 0.5) is 4.79 Å². The third-order valence-electron chi connectivity index (χ3n) is 3.94. The van der Waals surface area contributed by atoms with Crippen LogP contribution in [-0.4, -0.2) is 33.7 Å². The Morgan fingerprint density at radius 1 is 1.19 bits per heavy atom. The molecule has 2 amide bonds. The van der Waals surface area contributed by atoms with E-state index in [1.165, 1.54) is 6.08 Å². The predicted octanol–water partition coefficient (Wildman–Crippen LogP) is 4.89. The summed E-state index contributed by atoms with van der Waals surface area (Å²) in [7, 11) is 0. The average molecular weight is 406 g/mol. The van der Waals surface area contributed by atoms with Gasteiger partial charge in [0.05, 0.1) is 9.93 Å². The summed E-state index contributed by atoms with van der Waals surface area (Å²) in [6, 6.07) is 10.7. The molecular weight excluding hydrogens is 390 g/mol. The maximum absolute atomic E-state index is 12.4. The third kappa shape index (κ3) is 4.61. The molecule has 2 aromatic rings. The first-order chi connectivity index (χ1) is 13.0. The largest absolute Gasteiger partial charge is 0.481 e. The molecule has 6 nitrogen and oxygen atoms in total. The smallest absolute Gasteiger partial charge is 0.303 e. The molecule has 2 heterocycles. The first kappa shape index (κ1) is 19.3. The van der Waals surface area contributed by atoms with E-state index < -0.39 is 11.9 Å². The molecule has 0 radical (unpaired) electrons. The van der Waals surface area contributed by atoms with E-state index >= 15 is 0 Å². The second-order valence-corrected chi connectivity index (χ2v) is 7.27. The van der Waals surface area contributed by atoms with Crippen molar-refractivity contribution < 1.29 is 23.9 Å². The fourth-order valence-electron chi connectivity index (χ4n) is 2.60. The molecule has 1 saturated heterocycles. The van der Waals surface area contributed by atoms with E-state index in [1.54, 1.807) is 18.2 Å². The molecule has 3 rings (SSSR count). The van der Waals surface area contributed by atoms with Crippen molar-refractivity contribution in [3.05, 3.63) is 52.1 Å². The van der Waals surface area contributed by atoms with Gasteiger partial charge in [0, 0.05) is 24.6 Å². The number of halogens is 1. The molecule has 1 fully saturated rings. The van der Waals surface area contributed by atoms with Gasteiger partial charge in [-0.3, -0.25) is 19.3 Å². The number of carboxylic acids is 1. The lowest BCUT2D eigenvalue weighted by Gasteiger charge is -2.11. The van der Waals surface area contributed by atoms with Gasteiger partial charge in [-0.15, -0.1) is 0 Å². The van der Waals surface area contributed by atoms with Gasteiger partial charge in [0.1, 0.15) is 11.5 Å². The number of imide groups is 1. The number of furan rings is 1. The number of carboxylic acid groups (broad SMARTS) is 1. The molecule has 1 N–H and O–H groups in total. The number of nitrogens with zero attached hydrogens (tertiary/aromatic N) is 1. The van der Waals surface area contributed by atoms with E-state index in [1.807, 2.05) is 18.2 Å². The predicted molar refractivity (Wildman–Crippen MR) is 103 cm³/mol. The van der Waals surface area contributed by atoms with Crippen LogP contribution < -0.4 is 0 Å². The van der Waals surface area contributed by atoms with Gasteiger partial charge in [-0.2, -0.15) is 0 Å². The Morgan fingerprint density at radius 2 is 1.96 bits per heavy atom. The average Bonchev–Trinajstić information content (AvgIpc) is 3.18. The van der Waals surface area contributed by atoms with Crippen LogP contribution in [0.5, 0.6) is 0 Å². The third-order valence-corrected chi connectivity index (χ3v) is 5.17. The van der Waals surface area contributed by atoms with Crippen molar-refractivity contribution in [2.24, 2.45) is 0 Å². The summed E-state index contributed by atoms with van der Waals surface area (Å²) in [6.45, 7) is 0.207. The summed E-state index contributed by atoms with van der Waals surface area (Å²) in [5.74, 6) is -0.270. The first-order valence-electron chi connectivity index (χ1n) is 8.27. The van der Waals surface area contributed by atoms with Crippen molar-refractivity contribution in [1.82, 2.24) is 4.90 Å². The van der Waals surface area contributed by atoms with Crippen LogP contribution in [0.2, 0.25) is 5.02 Å². The van der Waals surface area contributed by atoms with Gasteiger partial charge in [0.15, 0.2) is 0 Å². The molecule has 0 bridgehead atoms. The van der Waals surface area contributed by atoms with E-state index in [2.05, 4.69) is 0 Å². The Kier molecular flexibility index (Phi) is 6.03. The number of hydrogen-bond donors (Lipinski definition) is 1. The van der Waals surface area contributed by atoms with Crippen molar-refractivity contribution in [2.45, 2.75) is 19.3 Å². The first-order valence-corrected chi connectivity index (χ1v) is 9.47. The highest BCUT2D eigenvalue weighted by molar-refractivity contribution is 8.18. The number of thioether (sulfide) groups is 1. The lowest BCUT2D eigenvalue weighted by Crippen LogP contribution is -2.29. The Morgan fingerprint density at radius 3 is 2.70 bits per heavy atom. The number of rotatable bonds is 7. The SMILES string of the molecule is O=C(O)CCCCN1C(=O)S/C(=C\c2ccc(-c3ccccc3Cl)o2)C1=O. The molecule has 1 aliphatic rings. The van der Waals surface area contributed by atoms with E-state index in [0.717, 1.165) is 22.2 Å². The fraction of sp³-hybridized carbons (Fsp3) is 0.211. The maximum Gasteiger partial charge on any atom is 0.303 e. The van der Waals surface area contributed by atoms with Crippen LogP contribution in [0.25, 0.3) is 17.4 Å². The lowest BCUT2D eigenvalue weighted by atomic mass is 10.2. The molecular formula is C19H16ClNO5S. The summed E-state index contributed by atoms with van der Waals surface area (Å²) in [6.07, 6.45) is 2.41. The molecule has 0 aliphatic carbocycles. The van der Waals surface area contributed by atoms with E-state index in [-0.39, 0.29) is 23.1 Å². The molecule has 0 saturated carbocycles. The van der Waals surface area contributed by atoms with Gasteiger partial charge in [0.2, 0.25) is 0 Å². The summed E-state index contributed by atoms with van der Waals surface area (Å²) in [5, 5.41) is 8.83. The highest BCUT2D eigenvalue weighted by Gasteiger charge is 2.34. The number of carbonyl (C=O) groups excluding carboxylic acids is 2. The zero-order valence-electron chi connectivity index (χ0n) is 14.2. The molecule has 1 aromatic heterocycles. The number of aliphatic carboxylic acids is 1. The Bertz CT molecular complexity index is 920. The van der Waals surface area contributed by atoms with E-state index in [0.29, 0.717) is 29.4 Å². The monoisotopic (exact) mass is 405 g/mol. The second-order valence-electron chi connectivity index (χ2n) is 5.87. The van der Waals surface area contributed by atoms with Crippen molar-refractivity contribution in [2.75, 3.05) is 6.54 Å². The van der Waals surface area contributed by atoms with Crippen molar-refractivity contribution in [1.29, 1.82) is 0 Å². The standard InChI is InChI=1S/C19H16ClNO5S/c20-14-6-2-1-5-13(14)15-9-8-12(26-15)11-16-18(24)21(19(25)27-16)10-4-3-7-17(22)23/h1-2,5-6,8-9,11H,3-4,7,10H2,(H,22,23)/b16-11-. The van der Waals surface area contributed by atoms with Gasteiger partial charge >= 0.3 is 5.97 Å². The lowest BCUT2D eigenvalue weighted by molar-refractivity contribution is -0.137. The molecule has 0 spiro atoms. The molecule has 27 heavy (non-hydrogen) atoms. The molecule has 1 aromatic carbocycles. The van der Waals surface area contributed by atoms with Crippen molar-refractivity contribution in [3.63, 3.8) is 0 Å². The van der Waals surface area contributed by atoms with Gasteiger partial charge in [-0.25, -0.2) is 0 Å². The second kappa shape index (κ2) is 8.45. The van der Waals surface area contributed by atoms with Crippen LogP contribution in [0, 0.1) is 0 Å². The van der Waals surface area contributed by atoms with Gasteiger partial charge < -0.3 is 9.52 Å². The van der Waals surface area contributed by atoms with Gasteiger partial charge in [-0.1, -0.05) is 23.7 Å². The van der Waals surface area contributed by atoms with Crippen LogP contribution in [0.15, 0.2) is 45.7 Å². The minimum atomic E-state index is -0.892. The Hall–Kier alpha value is -2.51. The molecule has 1 aliphatic heterocycles. The summed E-state index contributed by atoms with van der Waals surface area (Å²) >= 11 is 7.00. The number of benzene rings is 1. The maximum atomic E-state index is 12.4. The highest BCUT2D eigenvalue weighted by atomic mass is 35.5. The van der Waals surface area contributed by atoms with Crippen LogP contribution >= 0.6 is 23.4 Å².